The molecule has 23 heteroatoms. The van der Waals surface area contributed by atoms with Gasteiger partial charge in [0.2, 0.25) is 0 Å². The van der Waals surface area contributed by atoms with Crippen LogP contribution in [0.15, 0.2) is 0 Å². The topological polar surface area (TPSA) is 18.5 Å². The Labute approximate surface area is 193 Å². The van der Waals surface area contributed by atoms with Gasteiger partial charge in [-0.05, 0) is 11.6 Å². The second-order valence-electron chi connectivity index (χ2n) is 3.48. The van der Waals surface area contributed by atoms with Gasteiger partial charge in [0.25, 0.3) is 10.3 Å². The third-order valence-corrected chi connectivity index (χ3v) is 1.35. The van der Waals surface area contributed by atoms with Gasteiger partial charge in [0.05, 0.1) is 0 Å². The summed E-state index contributed by atoms with van der Waals surface area (Å²) < 4.78 is 116. The monoisotopic (exact) mass is 752 g/mol. The van der Waals surface area contributed by atoms with Crippen LogP contribution >= 0.6 is 90.5 Å². The summed E-state index contributed by atoms with van der Waals surface area (Å²) in [5.74, 6) is 0. The molecule has 0 aliphatic carbocycles. The number of hydrogen-bond acceptors (Lipinski definition) is 2. The molecule has 2 nitrogen and oxygen atoms in total. The molecule has 29 heavy (non-hydrogen) atoms. The first kappa shape index (κ1) is 38.8. The molecule has 0 N–H and O–H groups in total. The van der Waals surface area contributed by atoms with Gasteiger partial charge in [-0.2, -0.15) is 35.1 Å². The summed E-state index contributed by atoms with van der Waals surface area (Å²) in [6.45, 7) is 0. The average Bonchev–Trinajstić information content (AvgIpc) is 2.18. The van der Waals surface area contributed by atoms with E-state index >= 15 is 0 Å². The van der Waals surface area contributed by atoms with Crippen molar-refractivity contribution in [2.75, 3.05) is 0 Å². The first-order valence-electron chi connectivity index (χ1n) is 5.01. The molecule has 0 aromatic carbocycles. The van der Waals surface area contributed by atoms with Gasteiger partial charge in [-0.25, -0.2) is 8.78 Å². The molecular weight excluding hydrogens is 754 g/mol. The number of alkyl halides is 14. The first-order valence-corrected chi connectivity index (χ1v) is 22.7. The molecule has 0 heterocycles. The van der Waals surface area contributed by atoms with Crippen LogP contribution in [0.25, 0.3) is 0 Å². The fourth-order valence-electron chi connectivity index (χ4n) is 0.368. The molecule has 0 radical (unpaired) electrons. The van der Waals surface area contributed by atoms with Gasteiger partial charge in [0.15, 0.2) is 0 Å². The Kier molecular flexibility index (Phi) is 18.0. The van der Waals surface area contributed by atoms with E-state index < -0.39 is 46.3 Å². The molecule has 0 saturated carbocycles. The van der Waals surface area contributed by atoms with Crippen molar-refractivity contribution in [1.29, 1.82) is 0 Å². The number of rotatable bonds is 3. The SMILES string of the molecule is F.FC(OC(Cl)(Cl)Cl)C(F)(F)F.FC(OC(F)(F)Cl)C(F)(F)F.[Cl][Sb]([Cl])([Cl])([Cl])[Cl]. The Morgan fingerprint density at radius 3 is 0.862 bits per heavy atom. The normalized spacial score (nSPS) is 16.6. The first-order chi connectivity index (χ1) is 11.5. The molecule has 0 aliphatic rings. The van der Waals surface area contributed by atoms with Crippen LogP contribution in [-0.2, 0) is 9.47 Å². The van der Waals surface area contributed by atoms with E-state index in [4.69, 9.17) is 78.9 Å². The van der Waals surface area contributed by atoms with E-state index in [2.05, 4.69) is 21.1 Å². The minimum absolute atomic E-state index is 0. The van der Waals surface area contributed by atoms with Gasteiger partial charge in [0, 0.05) is 0 Å². The van der Waals surface area contributed by atoms with Gasteiger partial charge >= 0.3 is 80.1 Å². The minimum atomic E-state index is -5.49. The molecule has 184 valence electrons. The summed E-state index contributed by atoms with van der Waals surface area (Å²) in [4.78, 5) is 0. The van der Waals surface area contributed by atoms with Crippen molar-refractivity contribution < 1.29 is 58.1 Å². The molecule has 2 atom stereocenters. The van der Waals surface area contributed by atoms with Crippen LogP contribution in [0.5, 0.6) is 0 Å². The Morgan fingerprint density at radius 1 is 0.586 bits per heavy atom. The zero-order valence-electron chi connectivity index (χ0n) is 12.0. The predicted octanol–water partition coefficient (Wildman–Crippen LogP) is 9.06. The van der Waals surface area contributed by atoms with E-state index in [-0.39, 0.29) is 4.70 Å². The van der Waals surface area contributed by atoms with E-state index in [0.717, 1.165) is 0 Å². The molecule has 0 aliphatic heterocycles. The van der Waals surface area contributed by atoms with E-state index in [1.54, 1.807) is 0 Å². The van der Waals surface area contributed by atoms with Crippen molar-refractivity contribution in [3.8, 4) is 0 Å². The van der Waals surface area contributed by atoms with Crippen LogP contribution in [0.3, 0.4) is 0 Å². The van der Waals surface area contributed by atoms with E-state index in [0.29, 0.717) is 0 Å². The van der Waals surface area contributed by atoms with Gasteiger partial charge in [0.1, 0.15) is 0 Å². The zero-order valence-corrected chi connectivity index (χ0v) is 21.4. The van der Waals surface area contributed by atoms with Gasteiger partial charge in [-0.1, -0.05) is 34.8 Å². The van der Waals surface area contributed by atoms with Gasteiger partial charge < -0.3 is 0 Å². The quantitative estimate of drug-likeness (QED) is 0.163. The summed E-state index contributed by atoms with van der Waals surface area (Å²) in [5, 5.41) is 0. The molecule has 0 fully saturated rings. The molecule has 0 bridgehead atoms. The number of ether oxygens (including phenoxy) is 2. The van der Waals surface area contributed by atoms with Crippen molar-refractivity contribution >= 4 is 102 Å². The van der Waals surface area contributed by atoms with Crippen LogP contribution in [-0.4, -0.2) is 46.3 Å². The van der Waals surface area contributed by atoms with Gasteiger partial charge in [-0.3, -0.25) is 14.2 Å². The fraction of sp³-hybridized carbons (Fsp3) is 1.00. The maximum atomic E-state index is 11.8. The summed E-state index contributed by atoms with van der Waals surface area (Å²) in [7, 11) is 25.2. The van der Waals surface area contributed by atoms with Crippen LogP contribution in [0, 0.1) is 0 Å². The average molecular weight is 757 g/mol. The molecule has 0 saturated heterocycles. The molecule has 0 aromatic heterocycles. The third kappa shape index (κ3) is 41.3. The van der Waals surface area contributed by atoms with Crippen LogP contribution in [0.4, 0.5) is 48.6 Å². The Hall–Kier alpha value is 2.58. The Morgan fingerprint density at radius 2 is 0.793 bits per heavy atom. The van der Waals surface area contributed by atoms with Crippen molar-refractivity contribution in [2.45, 2.75) is 34.6 Å². The van der Waals surface area contributed by atoms with Crippen molar-refractivity contribution in [2.24, 2.45) is 0 Å². The molecule has 2 unspecified atom stereocenters. The van der Waals surface area contributed by atoms with E-state index in [1.165, 1.54) is 0 Å². The Balaban J connectivity index is -0.000000166. The van der Waals surface area contributed by atoms with Crippen LogP contribution < -0.4 is 0 Å². The number of hydrogen-bond donors (Lipinski definition) is 0. The second-order valence-corrected chi connectivity index (χ2v) is 44.0. The van der Waals surface area contributed by atoms with Crippen molar-refractivity contribution in [1.82, 2.24) is 0 Å². The molecule has 0 aromatic rings. The fourth-order valence-corrected chi connectivity index (χ4v) is 0.681. The zero-order chi connectivity index (χ0) is 24.0. The van der Waals surface area contributed by atoms with E-state index in [1.807, 2.05) is 0 Å². The summed E-state index contributed by atoms with van der Waals surface area (Å²) >= 11 is 13.6. The van der Waals surface area contributed by atoms with Crippen LogP contribution in [0.1, 0.15) is 0 Å². The molecule has 0 spiro atoms. The Bertz CT molecular complexity index is 406. The molecule has 0 rings (SSSR count). The van der Waals surface area contributed by atoms with Crippen LogP contribution in [0.2, 0.25) is 0 Å². The predicted molar refractivity (Wildman–Crippen MR) is 92.7 cm³/mol. The maximum absolute atomic E-state index is 11.8. The molecular formula is C6H3Cl9F11O2Sb. The van der Waals surface area contributed by atoms with E-state index in [9.17, 15) is 43.9 Å². The van der Waals surface area contributed by atoms with Crippen molar-refractivity contribution in [3.05, 3.63) is 0 Å². The third-order valence-electron chi connectivity index (χ3n) is 0.989. The summed E-state index contributed by atoms with van der Waals surface area (Å²) in [6, 6.07) is 0. The summed E-state index contributed by atoms with van der Waals surface area (Å²) in [6.07, 6.45) is -18.3. The standard InChI is InChI=1S/C3HCl3F4O.C3HClF6O.5ClH.FH.Sb/c4-3(5,6)11-1(7)2(8,9)10;4-3(9,10)11-1(5)2(6,7)8;;;;;;;/h2*1H;6*1H;/q;;;;;;;;+5/p-5. The molecule has 0 amide bonds. The second kappa shape index (κ2) is 13.5. The van der Waals surface area contributed by atoms with Gasteiger partial charge in [-0.15, -0.1) is 0 Å². The number of halogens is 20. The summed E-state index contributed by atoms with van der Waals surface area (Å²) in [5.41, 5.74) is -4.64. The van der Waals surface area contributed by atoms with Crippen molar-refractivity contribution in [3.63, 3.8) is 0 Å².